The van der Waals surface area contributed by atoms with Crippen molar-refractivity contribution < 1.29 is 4.79 Å². The molecule has 1 aromatic carbocycles. The highest BCUT2D eigenvalue weighted by atomic mass is 16.2. The maximum atomic E-state index is 12.5. The minimum absolute atomic E-state index is 0.156. The smallest absolute Gasteiger partial charge is 0.227 e. The Hall–Kier alpha value is -1.94. The van der Waals surface area contributed by atoms with Gasteiger partial charge in [-0.2, -0.15) is 0 Å². The molecule has 4 nitrogen and oxygen atoms in total. The molecule has 0 bridgehead atoms. The molecule has 0 spiro atoms. The van der Waals surface area contributed by atoms with Crippen LogP contribution in [0.5, 0.6) is 0 Å². The Morgan fingerprint density at radius 3 is 2.71 bits per heavy atom. The maximum absolute atomic E-state index is 12.5. The number of rotatable bonds is 4. The molecule has 110 valence electrons. The van der Waals surface area contributed by atoms with Gasteiger partial charge in [-0.1, -0.05) is 24.3 Å². The van der Waals surface area contributed by atoms with Crippen molar-refractivity contribution in [2.75, 3.05) is 19.6 Å². The first-order valence-corrected chi connectivity index (χ1v) is 7.61. The second kappa shape index (κ2) is 6.22. The number of hydrogen-bond acceptors (Lipinski definition) is 3. The van der Waals surface area contributed by atoms with E-state index in [0.717, 1.165) is 42.5 Å². The van der Waals surface area contributed by atoms with Gasteiger partial charge in [0.15, 0.2) is 0 Å². The Labute approximate surface area is 125 Å². The van der Waals surface area contributed by atoms with E-state index in [9.17, 15) is 4.79 Å². The topological polar surface area (TPSA) is 59.2 Å². The highest BCUT2D eigenvalue weighted by molar-refractivity contribution is 5.80. The molecule has 2 N–H and O–H groups in total. The summed E-state index contributed by atoms with van der Waals surface area (Å²) in [5.74, 6) is 0.0294. The van der Waals surface area contributed by atoms with Gasteiger partial charge >= 0.3 is 0 Å². The lowest BCUT2D eigenvalue weighted by atomic mass is 10.0. The van der Waals surface area contributed by atoms with Gasteiger partial charge in [0.25, 0.3) is 0 Å². The van der Waals surface area contributed by atoms with Crippen LogP contribution in [0.15, 0.2) is 36.4 Å². The Bertz CT molecular complexity index is 635. The summed E-state index contributed by atoms with van der Waals surface area (Å²) in [7, 11) is 0. The first-order chi connectivity index (χ1) is 10.3. The number of carbonyl (C=O) groups is 1. The molecule has 1 aliphatic heterocycles. The number of carbonyl (C=O) groups excluding carboxylic acids is 1. The van der Waals surface area contributed by atoms with Crippen LogP contribution in [0.1, 0.15) is 18.5 Å². The SMILES string of the molecule is NCC(Cc1ccc2ccccc2n1)C(=O)N1CCCC1. The van der Waals surface area contributed by atoms with Crippen LogP contribution in [0.2, 0.25) is 0 Å². The molecule has 2 heterocycles. The van der Waals surface area contributed by atoms with Crippen LogP contribution in [-0.4, -0.2) is 35.4 Å². The number of likely N-dealkylation sites (tertiary alicyclic amines) is 1. The fourth-order valence-electron chi connectivity index (χ4n) is 2.94. The molecule has 1 aromatic heterocycles. The van der Waals surface area contributed by atoms with E-state index in [1.807, 2.05) is 35.2 Å². The zero-order valence-corrected chi connectivity index (χ0v) is 12.2. The molecule has 1 saturated heterocycles. The third kappa shape index (κ3) is 3.05. The van der Waals surface area contributed by atoms with E-state index in [4.69, 9.17) is 5.73 Å². The molecule has 1 atom stereocenters. The first-order valence-electron chi connectivity index (χ1n) is 7.61. The normalized spacial score (nSPS) is 16.3. The van der Waals surface area contributed by atoms with Crippen LogP contribution >= 0.6 is 0 Å². The van der Waals surface area contributed by atoms with Gasteiger partial charge in [-0.05, 0) is 25.0 Å². The third-order valence-electron chi connectivity index (χ3n) is 4.16. The van der Waals surface area contributed by atoms with E-state index in [1.165, 1.54) is 0 Å². The van der Waals surface area contributed by atoms with E-state index in [0.29, 0.717) is 13.0 Å². The lowest BCUT2D eigenvalue weighted by Crippen LogP contribution is -2.38. The largest absolute Gasteiger partial charge is 0.342 e. The maximum Gasteiger partial charge on any atom is 0.227 e. The van der Waals surface area contributed by atoms with Crippen molar-refractivity contribution in [2.24, 2.45) is 11.7 Å². The summed E-state index contributed by atoms with van der Waals surface area (Å²) in [6.45, 7) is 2.13. The van der Waals surface area contributed by atoms with Crippen LogP contribution in [-0.2, 0) is 11.2 Å². The van der Waals surface area contributed by atoms with Crippen LogP contribution in [0.25, 0.3) is 10.9 Å². The van der Waals surface area contributed by atoms with Crippen molar-refractivity contribution in [3.8, 4) is 0 Å². The summed E-state index contributed by atoms with van der Waals surface area (Å²) in [5, 5.41) is 1.12. The van der Waals surface area contributed by atoms with Gasteiger partial charge < -0.3 is 10.6 Å². The molecule has 0 saturated carbocycles. The number of benzene rings is 1. The van der Waals surface area contributed by atoms with Crippen LogP contribution < -0.4 is 5.73 Å². The second-order valence-electron chi connectivity index (χ2n) is 5.66. The molecular formula is C17H21N3O. The molecule has 0 radical (unpaired) electrons. The molecule has 1 amide bonds. The van der Waals surface area contributed by atoms with Gasteiger partial charge in [-0.15, -0.1) is 0 Å². The second-order valence-corrected chi connectivity index (χ2v) is 5.66. The van der Waals surface area contributed by atoms with Gasteiger partial charge in [0.2, 0.25) is 5.91 Å². The standard InChI is InChI=1S/C17H21N3O/c18-12-14(17(21)20-9-3-4-10-20)11-15-8-7-13-5-1-2-6-16(13)19-15/h1-2,5-8,14H,3-4,9-12,18H2. The van der Waals surface area contributed by atoms with Gasteiger partial charge in [-0.25, -0.2) is 0 Å². The average molecular weight is 283 g/mol. The van der Waals surface area contributed by atoms with Crippen LogP contribution in [0.3, 0.4) is 0 Å². The van der Waals surface area contributed by atoms with Crippen LogP contribution in [0.4, 0.5) is 0 Å². The zero-order valence-electron chi connectivity index (χ0n) is 12.2. The van der Waals surface area contributed by atoms with Gasteiger partial charge in [-0.3, -0.25) is 9.78 Å². The molecule has 2 aromatic rings. The van der Waals surface area contributed by atoms with Crippen molar-refractivity contribution in [2.45, 2.75) is 19.3 Å². The lowest BCUT2D eigenvalue weighted by Gasteiger charge is -2.22. The number of aromatic nitrogens is 1. The first kappa shape index (κ1) is 14.0. The quantitative estimate of drug-likeness (QED) is 0.933. The highest BCUT2D eigenvalue weighted by Crippen LogP contribution is 2.17. The average Bonchev–Trinajstić information content (AvgIpc) is 3.06. The fourth-order valence-corrected chi connectivity index (χ4v) is 2.94. The van der Waals surface area contributed by atoms with Gasteiger partial charge in [0.1, 0.15) is 0 Å². The Morgan fingerprint density at radius 1 is 1.19 bits per heavy atom. The zero-order chi connectivity index (χ0) is 14.7. The summed E-state index contributed by atoms with van der Waals surface area (Å²) in [5.41, 5.74) is 7.74. The molecule has 1 unspecified atom stereocenters. The van der Waals surface area contributed by atoms with E-state index in [1.54, 1.807) is 0 Å². The van der Waals surface area contributed by atoms with Gasteiger partial charge in [0.05, 0.1) is 11.4 Å². The van der Waals surface area contributed by atoms with E-state index >= 15 is 0 Å². The molecule has 0 aliphatic carbocycles. The number of amides is 1. The highest BCUT2D eigenvalue weighted by Gasteiger charge is 2.25. The minimum atomic E-state index is -0.156. The lowest BCUT2D eigenvalue weighted by molar-refractivity contribution is -0.134. The Balaban J connectivity index is 1.76. The predicted molar refractivity (Wildman–Crippen MR) is 83.8 cm³/mol. The summed E-state index contributed by atoms with van der Waals surface area (Å²) < 4.78 is 0. The van der Waals surface area contributed by atoms with Crippen molar-refractivity contribution in [3.05, 3.63) is 42.1 Å². The molecule has 1 fully saturated rings. The summed E-state index contributed by atoms with van der Waals surface area (Å²) in [4.78, 5) is 19.1. The molecular weight excluding hydrogens is 262 g/mol. The number of hydrogen-bond donors (Lipinski definition) is 1. The Kier molecular flexibility index (Phi) is 4.15. The number of fused-ring (bicyclic) bond motifs is 1. The summed E-state index contributed by atoms with van der Waals surface area (Å²) in [6, 6.07) is 12.1. The van der Waals surface area contributed by atoms with Gasteiger partial charge in [0, 0.05) is 37.1 Å². The number of nitrogens with two attached hydrogens (primary N) is 1. The predicted octanol–water partition coefficient (Wildman–Crippen LogP) is 1.97. The fraction of sp³-hybridized carbons (Fsp3) is 0.412. The molecule has 4 heteroatoms. The molecule has 21 heavy (non-hydrogen) atoms. The monoisotopic (exact) mass is 283 g/mol. The molecule has 3 rings (SSSR count). The van der Waals surface area contributed by atoms with E-state index < -0.39 is 0 Å². The van der Waals surface area contributed by atoms with Crippen molar-refractivity contribution >= 4 is 16.8 Å². The number of pyridine rings is 1. The van der Waals surface area contributed by atoms with Crippen LogP contribution in [0, 0.1) is 5.92 Å². The minimum Gasteiger partial charge on any atom is -0.342 e. The van der Waals surface area contributed by atoms with Crippen molar-refractivity contribution in [3.63, 3.8) is 0 Å². The molecule has 1 aliphatic rings. The van der Waals surface area contributed by atoms with E-state index in [2.05, 4.69) is 11.1 Å². The Morgan fingerprint density at radius 2 is 1.95 bits per heavy atom. The number of nitrogens with zero attached hydrogens (tertiary/aromatic N) is 2. The summed E-state index contributed by atoms with van der Waals surface area (Å²) >= 11 is 0. The third-order valence-corrected chi connectivity index (χ3v) is 4.16. The van der Waals surface area contributed by atoms with Crippen molar-refractivity contribution in [1.29, 1.82) is 0 Å². The summed E-state index contributed by atoms with van der Waals surface area (Å²) in [6.07, 6.45) is 2.84. The number of para-hydroxylation sites is 1. The van der Waals surface area contributed by atoms with E-state index in [-0.39, 0.29) is 11.8 Å². The van der Waals surface area contributed by atoms with Crippen molar-refractivity contribution in [1.82, 2.24) is 9.88 Å².